The van der Waals surface area contributed by atoms with Crippen LogP contribution in [0.2, 0.25) is 0 Å². The van der Waals surface area contributed by atoms with E-state index in [1.807, 2.05) is 13.8 Å². The molecule has 0 bridgehead atoms. The zero-order valence-corrected chi connectivity index (χ0v) is 12.1. The van der Waals surface area contributed by atoms with Gasteiger partial charge in [0.05, 0.1) is 11.0 Å². The Bertz CT molecular complexity index is 615. The van der Waals surface area contributed by atoms with E-state index in [0.717, 1.165) is 48.2 Å². The molecule has 0 saturated heterocycles. The molecule has 3 rings (SSSR count). The minimum atomic E-state index is -0.609. The van der Waals surface area contributed by atoms with Crippen LogP contribution >= 0.6 is 0 Å². The number of rotatable bonds is 3. The van der Waals surface area contributed by atoms with Gasteiger partial charge in [-0.3, -0.25) is 0 Å². The molecule has 1 saturated carbocycles. The molecule has 0 unspecified atom stereocenters. The molecule has 1 aliphatic rings. The Morgan fingerprint density at radius 3 is 2.75 bits per heavy atom. The maximum Gasteiger partial charge on any atom is 0.231 e. The third-order valence-corrected chi connectivity index (χ3v) is 4.33. The number of fused-ring (bicyclic) bond motifs is 1. The maximum absolute atomic E-state index is 10.5. The number of aromatic nitrogens is 2. The van der Waals surface area contributed by atoms with Crippen molar-refractivity contribution in [3.63, 3.8) is 0 Å². The van der Waals surface area contributed by atoms with E-state index < -0.39 is 5.60 Å². The van der Waals surface area contributed by atoms with Crippen LogP contribution in [-0.4, -0.2) is 27.2 Å². The minimum absolute atomic E-state index is 0.531. The molecule has 0 spiro atoms. The van der Waals surface area contributed by atoms with Crippen molar-refractivity contribution < 1.29 is 9.52 Å². The van der Waals surface area contributed by atoms with Gasteiger partial charge in [-0.2, -0.15) is 0 Å². The highest BCUT2D eigenvalue weighted by Gasteiger charge is 2.29. The summed E-state index contributed by atoms with van der Waals surface area (Å²) in [6.45, 7) is 4.46. The Morgan fingerprint density at radius 1 is 1.25 bits per heavy atom. The summed E-state index contributed by atoms with van der Waals surface area (Å²) in [5, 5.41) is 14.8. The first-order valence-electron chi connectivity index (χ1n) is 7.26. The number of hydrogen-bond donors (Lipinski definition) is 2. The quantitative estimate of drug-likeness (QED) is 0.901. The van der Waals surface area contributed by atoms with Crippen molar-refractivity contribution in [3.8, 4) is 0 Å². The number of aliphatic hydroxyl groups is 1. The Labute approximate surface area is 118 Å². The molecule has 0 atom stereocenters. The van der Waals surface area contributed by atoms with Crippen molar-refractivity contribution in [2.24, 2.45) is 0 Å². The van der Waals surface area contributed by atoms with E-state index in [4.69, 9.17) is 4.42 Å². The van der Waals surface area contributed by atoms with E-state index in [1.165, 1.54) is 12.7 Å². The zero-order chi connectivity index (χ0) is 14.2. The Balaban J connectivity index is 1.84. The van der Waals surface area contributed by atoms with Crippen LogP contribution < -0.4 is 5.32 Å². The van der Waals surface area contributed by atoms with Crippen molar-refractivity contribution in [2.75, 3.05) is 11.9 Å². The van der Waals surface area contributed by atoms with E-state index in [1.54, 1.807) is 0 Å². The second-order valence-corrected chi connectivity index (χ2v) is 5.82. The summed E-state index contributed by atoms with van der Waals surface area (Å²) in [6, 6.07) is 0. The van der Waals surface area contributed by atoms with Gasteiger partial charge in [0.2, 0.25) is 5.71 Å². The normalized spacial score (nSPS) is 18.4. The second kappa shape index (κ2) is 5.05. The molecule has 20 heavy (non-hydrogen) atoms. The molecule has 2 heterocycles. The molecule has 2 N–H and O–H groups in total. The van der Waals surface area contributed by atoms with Gasteiger partial charge in [0.25, 0.3) is 0 Å². The van der Waals surface area contributed by atoms with Gasteiger partial charge in [0.1, 0.15) is 17.9 Å². The summed E-state index contributed by atoms with van der Waals surface area (Å²) in [6.07, 6.45) is 6.63. The number of hydrogen-bond acceptors (Lipinski definition) is 5. The number of nitrogens with zero attached hydrogens (tertiary/aromatic N) is 2. The molecule has 1 aliphatic carbocycles. The number of aryl methyl sites for hydroxylation is 2. The third kappa shape index (κ3) is 2.38. The lowest BCUT2D eigenvalue weighted by atomic mass is 9.85. The molecule has 0 aliphatic heterocycles. The van der Waals surface area contributed by atoms with Gasteiger partial charge in [-0.25, -0.2) is 9.97 Å². The van der Waals surface area contributed by atoms with Crippen LogP contribution in [0.15, 0.2) is 10.7 Å². The SMILES string of the molecule is Cc1oc2ncnc(NCC3(O)CCCCC3)c2c1C. The van der Waals surface area contributed by atoms with Gasteiger partial charge in [0, 0.05) is 12.1 Å². The van der Waals surface area contributed by atoms with Crippen molar-refractivity contribution in [3.05, 3.63) is 17.7 Å². The molecule has 0 aromatic carbocycles. The smallest absolute Gasteiger partial charge is 0.231 e. The number of nitrogens with one attached hydrogen (secondary N) is 1. The predicted octanol–water partition coefficient (Wildman–Crippen LogP) is 2.95. The molecule has 2 aromatic heterocycles. The average Bonchev–Trinajstić information content (AvgIpc) is 2.73. The van der Waals surface area contributed by atoms with Gasteiger partial charge in [-0.05, 0) is 26.7 Å². The fourth-order valence-corrected chi connectivity index (χ4v) is 2.95. The summed E-state index contributed by atoms with van der Waals surface area (Å²) in [4.78, 5) is 8.46. The largest absolute Gasteiger partial charge is 0.443 e. The first-order chi connectivity index (χ1) is 9.59. The van der Waals surface area contributed by atoms with Crippen molar-refractivity contribution in [1.82, 2.24) is 9.97 Å². The number of furan rings is 1. The lowest BCUT2D eigenvalue weighted by Gasteiger charge is -2.32. The van der Waals surface area contributed by atoms with Crippen molar-refractivity contribution in [2.45, 2.75) is 51.6 Å². The maximum atomic E-state index is 10.5. The van der Waals surface area contributed by atoms with Gasteiger partial charge < -0.3 is 14.8 Å². The Kier molecular flexibility index (Phi) is 3.38. The summed E-state index contributed by atoms with van der Waals surface area (Å²) in [5.74, 6) is 1.61. The predicted molar refractivity (Wildman–Crippen MR) is 77.8 cm³/mol. The molecule has 5 heteroatoms. The summed E-state index contributed by atoms with van der Waals surface area (Å²) in [7, 11) is 0. The van der Waals surface area contributed by atoms with Crippen molar-refractivity contribution >= 4 is 16.9 Å². The van der Waals surface area contributed by atoms with Crippen LogP contribution in [0.5, 0.6) is 0 Å². The fourth-order valence-electron chi connectivity index (χ4n) is 2.95. The lowest BCUT2D eigenvalue weighted by Crippen LogP contribution is -2.39. The van der Waals surface area contributed by atoms with E-state index in [9.17, 15) is 5.11 Å². The molecule has 5 nitrogen and oxygen atoms in total. The van der Waals surface area contributed by atoms with E-state index in [-0.39, 0.29) is 0 Å². The van der Waals surface area contributed by atoms with E-state index in [0.29, 0.717) is 12.3 Å². The van der Waals surface area contributed by atoms with Crippen molar-refractivity contribution in [1.29, 1.82) is 0 Å². The highest BCUT2D eigenvalue weighted by Crippen LogP contribution is 2.31. The van der Waals surface area contributed by atoms with E-state index >= 15 is 0 Å². The molecule has 0 radical (unpaired) electrons. The topological polar surface area (TPSA) is 71.2 Å². The van der Waals surface area contributed by atoms with Gasteiger partial charge in [0.15, 0.2) is 0 Å². The van der Waals surface area contributed by atoms with Gasteiger partial charge in [-0.15, -0.1) is 0 Å². The van der Waals surface area contributed by atoms with Crippen LogP contribution in [0.25, 0.3) is 11.1 Å². The summed E-state index contributed by atoms with van der Waals surface area (Å²) in [5.41, 5.74) is 1.05. The molecule has 2 aromatic rings. The zero-order valence-electron chi connectivity index (χ0n) is 12.1. The highest BCUT2D eigenvalue weighted by molar-refractivity contribution is 5.89. The highest BCUT2D eigenvalue weighted by atomic mass is 16.3. The van der Waals surface area contributed by atoms with Crippen LogP contribution in [0.3, 0.4) is 0 Å². The van der Waals surface area contributed by atoms with Crippen LogP contribution in [-0.2, 0) is 0 Å². The Hall–Kier alpha value is -1.62. The molecule has 0 amide bonds. The monoisotopic (exact) mass is 275 g/mol. The first kappa shape index (κ1) is 13.4. The minimum Gasteiger partial charge on any atom is -0.443 e. The van der Waals surface area contributed by atoms with E-state index in [2.05, 4.69) is 15.3 Å². The molecule has 108 valence electrons. The second-order valence-electron chi connectivity index (χ2n) is 5.82. The molecule has 1 fully saturated rings. The third-order valence-electron chi connectivity index (χ3n) is 4.33. The average molecular weight is 275 g/mol. The first-order valence-corrected chi connectivity index (χ1v) is 7.26. The molecular formula is C15H21N3O2. The van der Waals surface area contributed by atoms with Crippen LogP contribution in [0.4, 0.5) is 5.82 Å². The van der Waals surface area contributed by atoms with Crippen LogP contribution in [0, 0.1) is 13.8 Å². The lowest BCUT2D eigenvalue weighted by molar-refractivity contribution is 0.0167. The fraction of sp³-hybridized carbons (Fsp3) is 0.600. The summed E-state index contributed by atoms with van der Waals surface area (Å²) < 4.78 is 5.60. The Morgan fingerprint density at radius 2 is 2.00 bits per heavy atom. The molecular weight excluding hydrogens is 254 g/mol. The number of anilines is 1. The summed E-state index contributed by atoms with van der Waals surface area (Å²) >= 11 is 0. The standard InChI is InChI=1S/C15H21N3O2/c1-10-11(2)20-14-12(10)13(17-9-18-14)16-8-15(19)6-4-3-5-7-15/h9,19H,3-8H2,1-2H3,(H,16,17,18). The van der Waals surface area contributed by atoms with Crippen LogP contribution in [0.1, 0.15) is 43.4 Å². The van der Waals surface area contributed by atoms with Gasteiger partial charge in [-0.1, -0.05) is 19.3 Å². The van der Waals surface area contributed by atoms with Gasteiger partial charge >= 0.3 is 0 Å².